The van der Waals surface area contributed by atoms with E-state index in [1.54, 1.807) is 0 Å². The average Bonchev–Trinajstić information content (AvgIpc) is 4.10. The highest BCUT2D eigenvalue weighted by atomic mass is 16.3. The number of nitrogens with zero attached hydrogens (tertiary/aromatic N) is 1. The molecule has 0 unspecified atom stereocenters. The molecule has 0 fully saturated rings. The predicted molar refractivity (Wildman–Crippen MR) is 289 cm³/mol. The van der Waals surface area contributed by atoms with Crippen LogP contribution in [-0.4, -0.2) is 0 Å². The lowest BCUT2D eigenvalue weighted by Crippen LogP contribution is -2.28. The molecule has 3 nitrogen and oxygen atoms in total. The summed E-state index contributed by atoms with van der Waals surface area (Å²) in [5, 5.41) is 4.51. The molecule has 2 aromatic heterocycles. The maximum absolute atomic E-state index is 6.23. The van der Waals surface area contributed by atoms with Crippen molar-refractivity contribution in [3.05, 3.63) is 283 Å². The van der Waals surface area contributed by atoms with E-state index in [1.807, 2.05) is 24.3 Å². The fourth-order valence-electron chi connectivity index (χ4n) is 11.3. The van der Waals surface area contributed by atoms with Crippen LogP contribution in [0, 0.1) is 0 Å². The Bertz CT molecular complexity index is 4070. The van der Waals surface area contributed by atoms with Gasteiger partial charge in [0.05, 0.1) is 5.41 Å². The highest BCUT2D eigenvalue weighted by molar-refractivity contribution is 6.07. The molecule has 0 saturated heterocycles. The molecule has 0 aliphatic heterocycles. The Hall–Kier alpha value is -9.18. The van der Waals surface area contributed by atoms with Crippen LogP contribution < -0.4 is 4.90 Å². The van der Waals surface area contributed by atoms with Gasteiger partial charge in [-0.3, -0.25) is 0 Å². The molecule has 3 heteroatoms. The Morgan fingerprint density at radius 3 is 1.33 bits per heavy atom. The first kappa shape index (κ1) is 39.9. The number of anilines is 3. The SMILES string of the molecule is c1ccc(C2(c3ccccc3)c3ccccc3-c3cc(N(c4ccc(-c5ccc(-c6ccc7oc8ccccc8c7c6)cc5)cc4)c4cccc(-c5ccc6oc7ccccc7c6c5)c4)ccc32)cc1. The lowest BCUT2D eigenvalue weighted by molar-refractivity contribution is 0.668. The number of rotatable bonds is 8. The van der Waals surface area contributed by atoms with Crippen molar-refractivity contribution in [3.8, 4) is 44.5 Å². The first-order valence-electron chi connectivity index (χ1n) is 24.0. The van der Waals surface area contributed by atoms with Crippen molar-refractivity contribution in [1.82, 2.24) is 0 Å². The van der Waals surface area contributed by atoms with Crippen molar-refractivity contribution >= 4 is 60.9 Å². The summed E-state index contributed by atoms with van der Waals surface area (Å²) in [5.41, 5.74) is 20.8. The van der Waals surface area contributed by atoms with E-state index in [0.29, 0.717) is 0 Å². The van der Waals surface area contributed by atoms with Crippen LogP contribution in [0.2, 0.25) is 0 Å². The second-order valence-electron chi connectivity index (χ2n) is 18.4. The second kappa shape index (κ2) is 16.0. The van der Waals surface area contributed by atoms with E-state index in [9.17, 15) is 0 Å². The monoisotopic (exact) mass is 893 g/mol. The highest BCUT2D eigenvalue weighted by Gasteiger charge is 2.46. The number of hydrogen-bond donors (Lipinski definition) is 0. The minimum Gasteiger partial charge on any atom is -0.456 e. The number of para-hydroxylation sites is 2. The van der Waals surface area contributed by atoms with Gasteiger partial charge in [0.1, 0.15) is 22.3 Å². The van der Waals surface area contributed by atoms with Gasteiger partial charge < -0.3 is 13.7 Å². The third kappa shape index (κ3) is 6.29. The Labute approximate surface area is 405 Å². The van der Waals surface area contributed by atoms with Crippen LogP contribution in [0.25, 0.3) is 88.4 Å². The first-order valence-corrected chi connectivity index (χ1v) is 24.0. The largest absolute Gasteiger partial charge is 0.456 e. The van der Waals surface area contributed by atoms with Crippen LogP contribution in [0.15, 0.2) is 270 Å². The van der Waals surface area contributed by atoms with Gasteiger partial charge in [-0.05, 0) is 140 Å². The van der Waals surface area contributed by atoms with Gasteiger partial charge in [-0.1, -0.05) is 188 Å². The summed E-state index contributed by atoms with van der Waals surface area (Å²) in [6, 6.07) is 94.5. The third-order valence-corrected chi connectivity index (χ3v) is 14.6. The fraction of sp³-hybridized carbons (Fsp3) is 0.0149. The summed E-state index contributed by atoms with van der Waals surface area (Å²) in [6.45, 7) is 0. The molecule has 14 rings (SSSR count). The second-order valence-corrected chi connectivity index (χ2v) is 18.4. The molecule has 13 aromatic rings. The van der Waals surface area contributed by atoms with Crippen molar-refractivity contribution in [1.29, 1.82) is 0 Å². The minimum absolute atomic E-state index is 0.481. The molecule has 0 radical (unpaired) electrons. The van der Waals surface area contributed by atoms with Gasteiger partial charge in [-0.15, -0.1) is 0 Å². The molecule has 0 saturated carbocycles. The number of benzene rings is 11. The van der Waals surface area contributed by atoms with Gasteiger partial charge in [0.2, 0.25) is 0 Å². The summed E-state index contributed by atoms with van der Waals surface area (Å²) < 4.78 is 12.4. The summed E-state index contributed by atoms with van der Waals surface area (Å²) >= 11 is 0. The van der Waals surface area contributed by atoms with Crippen molar-refractivity contribution in [2.45, 2.75) is 5.41 Å². The van der Waals surface area contributed by atoms with Crippen LogP contribution in [-0.2, 0) is 5.41 Å². The van der Waals surface area contributed by atoms with E-state index in [4.69, 9.17) is 8.83 Å². The molecule has 0 amide bonds. The molecule has 2 heterocycles. The zero-order valence-electron chi connectivity index (χ0n) is 38.1. The molecule has 1 aliphatic carbocycles. The number of furan rings is 2. The summed E-state index contributed by atoms with van der Waals surface area (Å²) in [6.07, 6.45) is 0. The number of hydrogen-bond acceptors (Lipinski definition) is 3. The van der Waals surface area contributed by atoms with Crippen molar-refractivity contribution in [3.63, 3.8) is 0 Å². The van der Waals surface area contributed by atoms with E-state index >= 15 is 0 Å². The first-order chi connectivity index (χ1) is 34.7. The Balaban J connectivity index is 0.887. The van der Waals surface area contributed by atoms with Crippen LogP contribution in [0.1, 0.15) is 22.3 Å². The molecule has 11 aromatic carbocycles. The number of fused-ring (bicyclic) bond motifs is 9. The molecular formula is C67H43NO2. The molecule has 0 N–H and O–H groups in total. The molecule has 0 bridgehead atoms. The van der Waals surface area contributed by atoms with Gasteiger partial charge in [-0.25, -0.2) is 0 Å². The normalized spacial score (nSPS) is 12.7. The minimum atomic E-state index is -0.481. The van der Waals surface area contributed by atoms with Crippen LogP contribution >= 0.6 is 0 Å². The van der Waals surface area contributed by atoms with Crippen LogP contribution in [0.5, 0.6) is 0 Å². The van der Waals surface area contributed by atoms with Crippen molar-refractivity contribution in [2.24, 2.45) is 0 Å². The molecule has 0 spiro atoms. The van der Waals surface area contributed by atoms with Gasteiger partial charge >= 0.3 is 0 Å². The summed E-state index contributed by atoms with van der Waals surface area (Å²) in [5.74, 6) is 0. The quantitative estimate of drug-likeness (QED) is 0.152. The zero-order chi connectivity index (χ0) is 46.2. The van der Waals surface area contributed by atoms with Crippen LogP contribution in [0.4, 0.5) is 17.1 Å². The standard InChI is InChI=1S/C67H43NO2/c1-3-15-50(16-4-1)67(51-17-5-2-6-18-51)61-23-10-7-20-55(61)58-43-54(36-37-62(58)67)68(53-19-13-14-47(40-53)49-33-39-66-60(42-49)57-22-9-12-25-64(57)70-66)52-34-30-45(31-35-52)44-26-28-46(29-27-44)48-32-38-65-59(41-48)56-21-8-11-24-63(56)69-65/h1-43H. The Morgan fingerprint density at radius 1 is 0.257 bits per heavy atom. The molecule has 70 heavy (non-hydrogen) atoms. The topological polar surface area (TPSA) is 29.5 Å². The predicted octanol–water partition coefficient (Wildman–Crippen LogP) is 18.3. The van der Waals surface area contributed by atoms with E-state index in [-0.39, 0.29) is 0 Å². The van der Waals surface area contributed by atoms with Gasteiger partial charge in [-0.2, -0.15) is 0 Å². The summed E-state index contributed by atoms with van der Waals surface area (Å²) in [7, 11) is 0. The zero-order valence-corrected chi connectivity index (χ0v) is 38.1. The molecular weight excluding hydrogens is 851 g/mol. The highest BCUT2D eigenvalue weighted by Crippen LogP contribution is 2.57. The van der Waals surface area contributed by atoms with E-state index in [2.05, 4.69) is 241 Å². The molecule has 1 aliphatic rings. The van der Waals surface area contributed by atoms with Gasteiger partial charge in [0.25, 0.3) is 0 Å². The lowest BCUT2D eigenvalue weighted by atomic mass is 9.68. The molecule has 0 atom stereocenters. The lowest BCUT2D eigenvalue weighted by Gasteiger charge is -2.34. The Morgan fingerprint density at radius 2 is 0.700 bits per heavy atom. The van der Waals surface area contributed by atoms with Crippen LogP contribution in [0.3, 0.4) is 0 Å². The fourth-order valence-corrected chi connectivity index (χ4v) is 11.3. The van der Waals surface area contributed by atoms with E-state index < -0.39 is 5.41 Å². The van der Waals surface area contributed by atoms with E-state index in [0.717, 1.165) is 83.2 Å². The van der Waals surface area contributed by atoms with Gasteiger partial charge in [0.15, 0.2) is 0 Å². The smallest absolute Gasteiger partial charge is 0.135 e. The van der Waals surface area contributed by atoms with Crippen molar-refractivity contribution < 1.29 is 8.83 Å². The van der Waals surface area contributed by atoms with E-state index in [1.165, 1.54) is 44.5 Å². The Kier molecular flexibility index (Phi) is 9.11. The summed E-state index contributed by atoms with van der Waals surface area (Å²) in [4.78, 5) is 2.41. The maximum atomic E-state index is 6.23. The van der Waals surface area contributed by atoms with Gasteiger partial charge in [0, 0.05) is 38.6 Å². The third-order valence-electron chi connectivity index (χ3n) is 14.6. The maximum Gasteiger partial charge on any atom is 0.135 e. The molecule has 328 valence electrons. The van der Waals surface area contributed by atoms with Crippen molar-refractivity contribution in [2.75, 3.05) is 4.90 Å². The average molecular weight is 894 g/mol.